The number of aryl methyl sites for hydroxylation is 1. The third kappa shape index (κ3) is 4.82. The normalized spacial score (nSPS) is 11.5. The summed E-state index contributed by atoms with van der Waals surface area (Å²) in [5.41, 5.74) is 0. The molecule has 1 heterocycles. The number of rotatable bonds is 6. The van der Waals surface area contributed by atoms with Gasteiger partial charge in [0.05, 0.1) is 6.33 Å². The summed E-state index contributed by atoms with van der Waals surface area (Å²) in [5, 5.41) is 6.50. The fourth-order valence-corrected chi connectivity index (χ4v) is 1.35. The van der Waals surface area contributed by atoms with Crippen LogP contribution in [0.25, 0.3) is 0 Å². The molecule has 5 nitrogen and oxygen atoms in total. The summed E-state index contributed by atoms with van der Waals surface area (Å²) in [6.07, 6.45) is 7.78. The first-order valence-electron chi connectivity index (χ1n) is 5.77. The topological polar surface area (TPSA) is 54.2 Å². The van der Waals surface area contributed by atoms with Gasteiger partial charge in [0.25, 0.3) is 0 Å². The molecule has 5 heteroatoms. The van der Waals surface area contributed by atoms with Crippen molar-refractivity contribution in [1.29, 1.82) is 0 Å². The van der Waals surface area contributed by atoms with Crippen LogP contribution in [0.1, 0.15) is 19.8 Å². The predicted octanol–water partition coefficient (Wildman–Crippen LogP) is 0.848. The zero-order valence-corrected chi connectivity index (χ0v) is 10.1. The highest BCUT2D eigenvalue weighted by Crippen LogP contribution is 1.88. The number of imidazole rings is 1. The Hall–Kier alpha value is -1.52. The summed E-state index contributed by atoms with van der Waals surface area (Å²) >= 11 is 0. The lowest BCUT2D eigenvalue weighted by atomic mass is 10.4. The summed E-state index contributed by atoms with van der Waals surface area (Å²) in [7, 11) is 1.79. The second-order valence-corrected chi connectivity index (χ2v) is 3.58. The maximum atomic E-state index is 4.14. The molecule has 0 aromatic carbocycles. The molecule has 0 aliphatic rings. The maximum absolute atomic E-state index is 4.14. The smallest absolute Gasteiger partial charge is 0.190 e. The highest BCUT2D eigenvalue weighted by Gasteiger charge is 1.95. The number of aliphatic imine (C=N–C) groups is 1. The minimum absolute atomic E-state index is 0.882. The molecule has 0 unspecified atom stereocenters. The van der Waals surface area contributed by atoms with E-state index in [1.807, 2.05) is 12.5 Å². The van der Waals surface area contributed by atoms with Crippen LogP contribution in [-0.4, -0.2) is 35.6 Å². The van der Waals surface area contributed by atoms with E-state index in [-0.39, 0.29) is 0 Å². The van der Waals surface area contributed by atoms with E-state index in [0.717, 1.165) is 38.4 Å². The van der Waals surface area contributed by atoms with Crippen LogP contribution in [0, 0.1) is 0 Å². The van der Waals surface area contributed by atoms with Crippen molar-refractivity contribution in [3.05, 3.63) is 18.7 Å². The quantitative estimate of drug-likeness (QED) is 0.427. The molecule has 0 saturated carbocycles. The molecule has 0 aliphatic carbocycles. The van der Waals surface area contributed by atoms with E-state index in [1.165, 1.54) is 0 Å². The Morgan fingerprint density at radius 3 is 2.81 bits per heavy atom. The van der Waals surface area contributed by atoms with E-state index in [0.29, 0.717) is 0 Å². The number of hydrogen-bond donors (Lipinski definition) is 2. The van der Waals surface area contributed by atoms with Crippen molar-refractivity contribution in [1.82, 2.24) is 20.2 Å². The third-order valence-corrected chi connectivity index (χ3v) is 2.21. The van der Waals surface area contributed by atoms with E-state index in [9.17, 15) is 0 Å². The SMILES string of the molecule is CCCNC(=NC)NCCCn1ccnc1. The van der Waals surface area contributed by atoms with Gasteiger partial charge in [0, 0.05) is 39.1 Å². The highest BCUT2D eigenvalue weighted by atomic mass is 15.2. The Labute approximate surface area is 97.0 Å². The fraction of sp³-hybridized carbons (Fsp3) is 0.636. The van der Waals surface area contributed by atoms with Gasteiger partial charge in [-0.3, -0.25) is 4.99 Å². The van der Waals surface area contributed by atoms with Gasteiger partial charge in [-0.2, -0.15) is 0 Å². The van der Waals surface area contributed by atoms with Crippen molar-refractivity contribution in [3.63, 3.8) is 0 Å². The lowest BCUT2D eigenvalue weighted by Gasteiger charge is -2.10. The number of nitrogens with zero attached hydrogens (tertiary/aromatic N) is 3. The van der Waals surface area contributed by atoms with Crippen molar-refractivity contribution >= 4 is 5.96 Å². The minimum Gasteiger partial charge on any atom is -0.356 e. The first kappa shape index (κ1) is 12.5. The molecule has 0 amide bonds. The summed E-state index contributed by atoms with van der Waals surface area (Å²) < 4.78 is 2.07. The van der Waals surface area contributed by atoms with Crippen LogP contribution in [0.3, 0.4) is 0 Å². The lowest BCUT2D eigenvalue weighted by molar-refractivity contribution is 0.624. The molecule has 16 heavy (non-hydrogen) atoms. The second kappa shape index (κ2) is 7.73. The van der Waals surface area contributed by atoms with E-state index < -0.39 is 0 Å². The van der Waals surface area contributed by atoms with Crippen LogP contribution >= 0.6 is 0 Å². The van der Waals surface area contributed by atoms with E-state index in [2.05, 4.69) is 32.1 Å². The van der Waals surface area contributed by atoms with Crippen LogP contribution in [-0.2, 0) is 6.54 Å². The van der Waals surface area contributed by atoms with Gasteiger partial charge in [-0.15, -0.1) is 0 Å². The fourth-order valence-electron chi connectivity index (χ4n) is 1.35. The van der Waals surface area contributed by atoms with Gasteiger partial charge < -0.3 is 15.2 Å². The Morgan fingerprint density at radius 1 is 1.38 bits per heavy atom. The van der Waals surface area contributed by atoms with Crippen LogP contribution in [0.5, 0.6) is 0 Å². The van der Waals surface area contributed by atoms with E-state index in [4.69, 9.17) is 0 Å². The molecule has 0 spiro atoms. The molecule has 1 rings (SSSR count). The van der Waals surface area contributed by atoms with Crippen LogP contribution < -0.4 is 10.6 Å². The zero-order valence-electron chi connectivity index (χ0n) is 10.1. The molecule has 1 aromatic rings. The van der Waals surface area contributed by atoms with Crippen molar-refractivity contribution < 1.29 is 0 Å². The molecule has 2 N–H and O–H groups in total. The molecule has 0 bridgehead atoms. The lowest BCUT2D eigenvalue weighted by Crippen LogP contribution is -2.38. The number of hydrogen-bond acceptors (Lipinski definition) is 2. The predicted molar refractivity (Wildman–Crippen MR) is 66.5 cm³/mol. The minimum atomic E-state index is 0.882. The van der Waals surface area contributed by atoms with E-state index in [1.54, 1.807) is 13.2 Å². The van der Waals surface area contributed by atoms with Crippen LogP contribution in [0.2, 0.25) is 0 Å². The Kier molecular flexibility index (Phi) is 6.06. The van der Waals surface area contributed by atoms with Crippen molar-refractivity contribution in [2.75, 3.05) is 20.1 Å². The first-order chi connectivity index (χ1) is 7.86. The monoisotopic (exact) mass is 223 g/mol. The van der Waals surface area contributed by atoms with Gasteiger partial charge in [-0.1, -0.05) is 6.92 Å². The van der Waals surface area contributed by atoms with Crippen molar-refractivity contribution in [3.8, 4) is 0 Å². The molecule has 0 fully saturated rings. The largest absolute Gasteiger partial charge is 0.356 e. The average Bonchev–Trinajstić information content (AvgIpc) is 2.81. The second-order valence-electron chi connectivity index (χ2n) is 3.58. The average molecular weight is 223 g/mol. The van der Waals surface area contributed by atoms with Crippen LogP contribution in [0.15, 0.2) is 23.7 Å². The Balaban J connectivity index is 2.09. The Bertz CT molecular complexity index is 291. The van der Waals surface area contributed by atoms with E-state index >= 15 is 0 Å². The number of nitrogens with one attached hydrogen (secondary N) is 2. The summed E-state index contributed by atoms with van der Waals surface area (Å²) in [6.45, 7) is 5.00. The van der Waals surface area contributed by atoms with Gasteiger partial charge in [-0.05, 0) is 12.8 Å². The molecule has 0 atom stereocenters. The molecular weight excluding hydrogens is 202 g/mol. The standard InChI is InChI=1S/C11H21N5/c1-3-5-14-11(12-2)15-6-4-8-16-9-7-13-10-16/h7,9-10H,3-6,8H2,1-2H3,(H2,12,14,15). The van der Waals surface area contributed by atoms with Gasteiger partial charge in [0.15, 0.2) is 5.96 Å². The molecule has 0 radical (unpaired) electrons. The maximum Gasteiger partial charge on any atom is 0.190 e. The Morgan fingerprint density at radius 2 is 2.19 bits per heavy atom. The third-order valence-electron chi connectivity index (χ3n) is 2.21. The number of guanidine groups is 1. The van der Waals surface area contributed by atoms with Gasteiger partial charge in [0.2, 0.25) is 0 Å². The zero-order chi connectivity index (χ0) is 11.6. The summed E-state index contributed by atoms with van der Waals surface area (Å²) in [4.78, 5) is 8.13. The molecule has 1 aromatic heterocycles. The molecule has 0 saturated heterocycles. The van der Waals surface area contributed by atoms with Gasteiger partial charge in [-0.25, -0.2) is 4.98 Å². The highest BCUT2D eigenvalue weighted by molar-refractivity contribution is 5.79. The van der Waals surface area contributed by atoms with Gasteiger partial charge >= 0.3 is 0 Å². The molecule has 0 aliphatic heterocycles. The molecule has 90 valence electrons. The van der Waals surface area contributed by atoms with Crippen molar-refractivity contribution in [2.24, 2.45) is 4.99 Å². The van der Waals surface area contributed by atoms with Crippen LogP contribution in [0.4, 0.5) is 0 Å². The summed E-state index contributed by atoms with van der Waals surface area (Å²) in [6, 6.07) is 0. The first-order valence-corrected chi connectivity index (χ1v) is 5.77. The van der Waals surface area contributed by atoms with Crippen molar-refractivity contribution in [2.45, 2.75) is 26.3 Å². The summed E-state index contributed by atoms with van der Waals surface area (Å²) in [5.74, 6) is 0.882. The van der Waals surface area contributed by atoms with Gasteiger partial charge in [0.1, 0.15) is 0 Å². The number of aromatic nitrogens is 2. The molecular formula is C11H21N5.